The van der Waals surface area contributed by atoms with Crippen molar-refractivity contribution in [1.29, 1.82) is 0 Å². The molecule has 2 saturated heterocycles. The van der Waals surface area contributed by atoms with Crippen LogP contribution in [0.3, 0.4) is 0 Å². The van der Waals surface area contributed by atoms with Gasteiger partial charge in [0, 0.05) is 25.2 Å². The van der Waals surface area contributed by atoms with E-state index in [-0.39, 0.29) is 10.6 Å². The number of hydrogen-bond donors (Lipinski definition) is 1. The van der Waals surface area contributed by atoms with Crippen molar-refractivity contribution in [1.82, 2.24) is 5.32 Å². The number of rotatable bonds is 2. The summed E-state index contributed by atoms with van der Waals surface area (Å²) in [4.78, 5) is 12.9. The summed E-state index contributed by atoms with van der Waals surface area (Å²) >= 11 is 6.19. The van der Waals surface area contributed by atoms with Crippen LogP contribution in [0.4, 0.5) is 11.4 Å². The molecule has 0 aromatic heterocycles. The van der Waals surface area contributed by atoms with E-state index < -0.39 is 0 Å². The van der Waals surface area contributed by atoms with E-state index in [0.717, 1.165) is 32.5 Å². The number of hydrogen-bond acceptors (Lipinski definition) is 4. The van der Waals surface area contributed by atoms with Crippen LogP contribution in [0.1, 0.15) is 12.8 Å². The first-order valence-electron chi connectivity index (χ1n) is 6.58. The van der Waals surface area contributed by atoms with Crippen molar-refractivity contribution in [2.75, 3.05) is 24.5 Å². The van der Waals surface area contributed by atoms with E-state index in [1.54, 1.807) is 12.1 Å². The van der Waals surface area contributed by atoms with Crippen LogP contribution in [0.15, 0.2) is 18.2 Å². The number of nitro benzene ring substituents is 1. The number of fused-ring (bicyclic) bond motifs is 1. The van der Waals surface area contributed by atoms with Gasteiger partial charge in [0.25, 0.3) is 5.69 Å². The van der Waals surface area contributed by atoms with Crippen molar-refractivity contribution in [3.05, 3.63) is 33.3 Å². The summed E-state index contributed by atoms with van der Waals surface area (Å²) in [5.74, 6) is 0.574. The summed E-state index contributed by atoms with van der Waals surface area (Å²) in [5, 5.41) is 15.1. The van der Waals surface area contributed by atoms with Gasteiger partial charge in [0.2, 0.25) is 0 Å². The van der Waals surface area contributed by atoms with Crippen LogP contribution < -0.4 is 10.2 Å². The van der Waals surface area contributed by atoms with E-state index in [2.05, 4.69) is 10.2 Å². The minimum absolute atomic E-state index is 0.108. The highest BCUT2D eigenvalue weighted by atomic mass is 35.5. The van der Waals surface area contributed by atoms with Crippen molar-refractivity contribution in [2.24, 2.45) is 5.92 Å². The van der Waals surface area contributed by atoms with Gasteiger partial charge in [-0.2, -0.15) is 0 Å². The Morgan fingerprint density at radius 2 is 2.26 bits per heavy atom. The molecule has 2 unspecified atom stereocenters. The third-order valence-corrected chi connectivity index (χ3v) is 4.44. The van der Waals surface area contributed by atoms with Gasteiger partial charge >= 0.3 is 0 Å². The van der Waals surface area contributed by atoms with Gasteiger partial charge in [-0.25, -0.2) is 0 Å². The van der Waals surface area contributed by atoms with E-state index in [0.29, 0.717) is 22.7 Å². The molecule has 0 radical (unpaired) electrons. The molecule has 102 valence electrons. The fourth-order valence-corrected chi connectivity index (χ4v) is 3.50. The number of para-hydroxylation sites is 1. The molecule has 1 N–H and O–H groups in total. The monoisotopic (exact) mass is 281 g/mol. The predicted molar refractivity (Wildman–Crippen MR) is 74.8 cm³/mol. The van der Waals surface area contributed by atoms with Crippen molar-refractivity contribution < 1.29 is 4.92 Å². The molecule has 0 amide bonds. The summed E-state index contributed by atoms with van der Waals surface area (Å²) in [6.45, 7) is 2.72. The molecule has 6 heteroatoms. The van der Waals surface area contributed by atoms with Crippen LogP contribution in [0, 0.1) is 16.0 Å². The maximum atomic E-state index is 11.2. The number of nitro groups is 1. The fourth-order valence-electron chi connectivity index (χ4n) is 3.21. The van der Waals surface area contributed by atoms with Gasteiger partial charge in [0.05, 0.1) is 9.95 Å². The van der Waals surface area contributed by atoms with Gasteiger partial charge in [0.15, 0.2) is 0 Å². The first kappa shape index (κ1) is 12.7. The number of piperidine rings is 1. The lowest BCUT2D eigenvalue weighted by Crippen LogP contribution is -2.44. The summed E-state index contributed by atoms with van der Waals surface area (Å²) in [5.41, 5.74) is 0.691. The molecular weight excluding hydrogens is 266 g/mol. The third-order valence-electron chi connectivity index (χ3n) is 4.13. The summed E-state index contributed by atoms with van der Waals surface area (Å²) < 4.78 is 0. The number of nitrogens with one attached hydrogen (secondary N) is 1. The standard InChI is InChI=1S/C13H16ClN3O2/c14-10-2-1-3-12(17(18)19)13(10)16-7-5-11-9(8-16)4-6-15-11/h1-3,9,11,15H,4-8H2. The zero-order valence-corrected chi connectivity index (χ0v) is 11.3. The quantitative estimate of drug-likeness (QED) is 0.668. The molecule has 0 spiro atoms. The van der Waals surface area contributed by atoms with E-state index in [1.807, 2.05) is 0 Å². The second-order valence-corrected chi connectivity index (χ2v) is 5.62. The molecule has 3 rings (SSSR count). The van der Waals surface area contributed by atoms with E-state index in [9.17, 15) is 10.1 Å². The molecule has 5 nitrogen and oxygen atoms in total. The van der Waals surface area contributed by atoms with Crippen LogP contribution in [0.5, 0.6) is 0 Å². The van der Waals surface area contributed by atoms with E-state index in [1.165, 1.54) is 6.07 Å². The second-order valence-electron chi connectivity index (χ2n) is 5.21. The van der Waals surface area contributed by atoms with Gasteiger partial charge in [-0.05, 0) is 31.4 Å². The Hall–Kier alpha value is -1.33. The topological polar surface area (TPSA) is 58.4 Å². The van der Waals surface area contributed by atoms with Gasteiger partial charge in [-0.1, -0.05) is 17.7 Å². The molecule has 0 saturated carbocycles. The normalized spacial score (nSPS) is 26.3. The molecule has 2 aliphatic heterocycles. The van der Waals surface area contributed by atoms with Gasteiger partial charge < -0.3 is 10.2 Å². The zero-order valence-electron chi connectivity index (χ0n) is 10.5. The maximum Gasteiger partial charge on any atom is 0.294 e. The number of benzene rings is 1. The smallest absolute Gasteiger partial charge is 0.294 e. The van der Waals surface area contributed by atoms with Crippen LogP contribution >= 0.6 is 11.6 Å². The molecule has 2 atom stereocenters. The zero-order chi connectivity index (χ0) is 13.4. The van der Waals surface area contributed by atoms with Crippen LogP contribution in [-0.4, -0.2) is 30.6 Å². The fraction of sp³-hybridized carbons (Fsp3) is 0.538. The van der Waals surface area contributed by atoms with Crippen LogP contribution in [0.25, 0.3) is 0 Å². The predicted octanol–water partition coefficient (Wildman–Crippen LogP) is 2.44. The highest BCUT2D eigenvalue weighted by molar-refractivity contribution is 6.33. The summed E-state index contributed by atoms with van der Waals surface area (Å²) in [7, 11) is 0. The van der Waals surface area contributed by atoms with Crippen LogP contribution in [0.2, 0.25) is 5.02 Å². The largest absolute Gasteiger partial charge is 0.364 e. The minimum Gasteiger partial charge on any atom is -0.364 e. The first-order valence-corrected chi connectivity index (χ1v) is 6.96. The number of anilines is 1. The first-order chi connectivity index (χ1) is 9.16. The minimum atomic E-state index is -0.347. The van der Waals surface area contributed by atoms with Crippen molar-refractivity contribution in [2.45, 2.75) is 18.9 Å². The molecule has 19 heavy (non-hydrogen) atoms. The Kier molecular flexibility index (Phi) is 3.33. The van der Waals surface area contributed by atoms with E-state index in [4.69, 9.17) is 11.6 Å². The number of halogens is 1. The summed E-state index contributed by atoms with van der Waals surface area (Å²) in [6.07, 6.45) is 2.16. The molecule has 2 aliphatic rings. The Morgan fingerprint density at radius 1 is 1.42 bits per heavy atom. The lowest BCUT2D eigenvalue weighted by atomic mass is 9.93. The average molecular weight is 282 g/mol. The van der Waals surface area contributed by atoms with Crippen LogP contribution in [-0.2, 0) is 0 Å². The second kappa shape index (κ2) is 4.98. The lowest BCUT2D eigenvalue weighted by Gasteiger charge is -2.36. The summed E-state index contributed by atoms with van der Waals surface area (Å²) in [6, 6.07) is 5.45. The van der Waals surface area contributed by atoms with Crippen molar-refractivity contribution in [3.63, 3.8) is 0 Å². The molecule has 0 bridgehead atoms. The Labute approximate surface area is 116 Å². The lowest BCUT2D eigenvalue weighted by molar-refractivity contribution is -0.384. The molecule has 1 aromatic rings. The maximum absolute atomic E-state index is 11.2. The Balaban J connectivity index is 1.91. The Bertz CT molecular complexity index is 509. The van der Waals surface area contributed by atoms with Gasteiger partial charge in [0.1, 0.15) is 5.69 Å². The highest BCUT2D eigenvalue weighted by Crippen LogP contribution is 2.38. The number of nitrogens with zero attached hydrogens (tertiary/aromatic N) is 2. The average Bonchev–Trinajstić information content (AvgIpc) is 2.85. The van der Waals surface area contributed by atoms with Gasteiger partial charge in [-0.3, -0.25) is 10.1 Å². The molecular formula is C13H16ClN3O2. The Morgan fingerprint density at radius 3 is 3.05 bits per heavy atom. The highest BCUT2D eigenvalue weighted by Gasteiger charge is 2.35. The van der Waals surface area contributed by atoms with Crippen molar-refractivity contribution in [3.8, 4) is 0 Å². The van der Waals surface area contributed by atoms with Crippen molar-refractivity contribution >= 4 is 23.0 Å². The molecule has 2 heterocycles. The van der Waals surface area contributed by atoms with Gasteiger partial charge in [-0.15, -0.1) is 0 Å². The molecule has 0 aliphatic carbocycles. The SMILES string of the molecule is O=[N+]([O-])c1cccc(Cl)c1N1CCC2NCCC2C1. The third kappa shape index (κ3) is 2.28. The molecule has 1 aromatic carbocycles. The molecule has 2 fully saturated rings. The van der Waals surface area contributed by atoms with E-state index >= 15 is 0 Å².